The second kappa shape index (κ2) is 7.17. The minimum atomic E-state index is 0.0278. The van der Waals surface area contributed by atoms with Gasteiger partial charge in [-0.05, 0) is 44.4 Å². The fourth-order valence-corrected chi connectivity index (χ4v) is 2.06. The number of aryl methyl sites for hydroxylation is 1. The first-order valence-electron chi connectivity index (χ1n) is 6.62. The molecule has 0 radical (unpaired) electrons. The first kappa shape index (κ1) is 14.7. The Kier molecular flexibility index (Phi) is 5.86. The number of nitrogens with one attached hydrogen (secondary N) is 1. The third-order valence-electron chi connectivity index (χ3n) is 3.30. The molecule has 18 heavy (non-hydrogen) atoms. The van der Waals surface area contributed by atoms with Gasteiger partial charge in [-0.25, -0.2) is 0 Å². The minimum absolute atomic E-state index is 0.0278. The van der Waals surface area contributed by atoms with E-state index in [2.05, 4.69) is 24.4 Å². The molecule has 1 aromatic rings. The summed E-state index contributed by atoms with van der Waals surface area (Å²) in [5.74, 6) is 0.138. The van der Waals surface area contributed by atoms with Gasteiger partial charge in [0.15, 0.2) is 0 Å². The van der Waals surface area contributed by atoms with Crippen molar-refractivity contribution >= 4 is 5.91 Å². The zero-order valence-corrected chi connectivity index (χ0v) is 11.6. The molecule has 100 valence electrons. The molecule has 0 heterocycles. The lowest BCUT2D eigenvalue weighted by Gasteiger charge is -2.19. The molecule has 0 aromatic heterocycles. The second-order valence-electron chi connectivity index (χ2n) is 4.92. The normalized spacial score (nSPS) is 14.0. The lowest BCUT2D eigenvalue weighted by atomic mass is 10.0. The van der Waals surface area contributed by atoms with Crippen LogP contribution in [0.4, 0.5) is 0 Å². The Bertz CT molecular complexity index is 390. The molecule has 3 N–H and O–H groups in total. The molecule has 1 unspecified atom stereocenters. The zero-order chi connectivity index (χ0) is 13.5. The number of hydrogen-bond acceptors (Lipinski definition) is 2. The summed E-state index contributed by atoms with van der Waals surface area (Å²) in [7, 11) is 0. The standard InChI is InChI=1S/C15H24N2O/c1-11-7-4-5-9-14(11)13(3)17-15(18)12(2)8-6-10-16/h4-5,7,9,12-13H,6,8,10,16H2,1-3H3,(H,17,18)/t12?,13-/m0/s1. The topological polar surface area (TPSA) is 55.1 Å². The third-order valence-corrected chi connectivity index (χ3v) is 3.30. The van der Waals surface area contributed by atoms with Crippen molar-refractivity contribution in [2.24, 2.45) is 11.7 Å². The van der Waals surface area contributed by atoms with E-state index in [1.807, 2.05) is 26.0 Å². The Labute approximate surface area is 110 Å². The van der Waals surface area contributed by atoms with Gasteiger partial charge in [0.2, 0.25) is 5.91 Å². The van der Waals surface area contributed by atoms with Crippen LogP contribution in [0.2, 0.25) is 0 Å². The minimum Gasteiger partial charge on any atom is -0.349 e. The van der Waals surface area contributed by atoms with Crippen LogP contribution >= 0.6 is 0 Å². The van der Waals surface area contributed by atoms with Gasteiger partial charge in [-0.15, -0.1) is 0 Å². The second-order valence-corrected chi connectivity index (χ2v) is 4.92. The van der Waals surface area contributed by atoms with Gasteiger partial charge in [-0.2, -0.15) is 0 Å². The van der Waals surface area contributed by atoms with E-state index in [1.165, 1.54) is 11.1 Å². The van der Waals surface area contributed by atoms with Gasteiger partial charge in [0, 0.05) is 5.92 Å². The first-order valence-corrected chi connectivity index (χ1v) is 6.62. The van der Waals surface area contributed by atoms with E-state index in [0.29, 0.717) is 6.54 Å². The summed E-state index contributed by atoms with van der Waals surface area (Å²) in [6.07, 6.45) is 1.75. The van der Waals surface area contributed by atoms with Crippen molar-refractivity contribution < 1.29 is 4.79 Å². The molecule has 3 nitrogen and oxygen atoms in total. The Balaban J connectivity index is 2.57. The molecule has 0 bridgehead atoms. The summed E-state index contributed by atoms with van der Waals surface area (Å²) < 4.78 is 0. The van der Waals surface area contributed by atoms with Crippen molar-refractivity contribution in [3.05, 3.63) is 35.4 Å². The van der Waals surface area contributed by atoms with Crippen LogP contribution in [0.1, 0.15) is 43.9 Å². The highest BCUT2D eigenvalue weighted by molar-refractivity contribution is 5.78. The molecule has 1 aromatic carbocycles. The predicted octanol–water partition coefficient (Wildman–Crippen LogP) is 2.55. The summed E-state index contributed by atoms with van der Waals surface area (Å²) in [5.41, 5.74) is 7.84. The first-order chi connectivity index (χ1) is 8.56. The molecule has 0 fully saturated rings. The Morgan fingerprint density at radius 1 is 1.33 bits per heavy atom. The number of carbonyl (C=O) groups is 1. The van der Waals surface area contributed by atoms with E-state index in [4.69, 9.17) is 5.73 Å². The lowest BCUT2D eigenvalue weighted by molar-refractivity contribution is -0.125. The molecule has 0 aliphatic heterocycles. The Morgan fingerprint density at radius 2 is 2.00 bits per heavy atom. The van der Waals surface area contributed by atoms with Crippen molar-refractivity contribution in [2.75, 3.05) is 6.54 Å². The van der Waals surface area contributed by atoms with Gasteiger partial charge < -0.3 is 11.1 Å². The van der Waals surface area contributed by atoms with Crippen molar-refractivity contribution in [1.82, 2.24) is 5.32 Å². The molecule has 2 atom stereocenters. The summed E-state index contributed by atoms with van der Waals surface area (Å²) in [4.78, 5) is 12.0. The Morgan fingerprint density at radius 3 is 2.61 bits per heavy atom. The van der Waals surface area contributed by atoms with E-state index < -0.39 is 0 Å². The number of hydrogen-bond donors (Lipinski definition) is 2. The number of nitrogens with two attached hydrogens (primary N) is 1. The summed E-state index contributed by atoms with van der Waals surface area (Å²) >= 11 is 0. The fraction of sp³-hybridized carbons (Fsp3) is 0.533. The fourth-order valence-electron chi connectivity index (χ4n) is 2.06. The number of amides is 1. The smallest absolute Gasteiger partial charge is 0.223 e. The van der Waals surface area contributed by atoms with Crippen LogP contribution in [-0.4, -0.2) is 12.5 Å². The average Bonchev–Trinajstić information content (AvgIpc) is 2.36. The maximum absolute atomic E-state index is 12.0. The van der Waals surface area contributed by atoms with E-state index in [-0.39, 0.29) is 17.9 Å². The molecule has 1 rings (SSSR count). The van der Waals surface area contributed by atoms with Crippen molar-refractivity contribution in [2.45, 2.75) is 39.7 Å². The highest BCUT2D eigenvalue weighted by Gasteiger charge is 2.16. The molecule has 3 heteroatoms. The maximum atomic E-state index is 12.0. The van der Waals surface area contributed by atoms with Gasteiger partial charge >= 0.3 is 0 Å². The molecule has 0 saturated carbocycles. The van der Waals surface area contributed by atoms with Crippen LogP contribution in [0, 0.1) is 12.8 Å². The van der Waals surface area contributed by atoms with E-state index in [0.717, 1.165) is 12.8 Å². The lowest BCUT2D eigenvalue weighted by Crippen LogP contribution is -2.32. The number of rotatable bonds is 6. The molecule has 0 saturated heterocycles. The van der Waals surface area contributed by atoms with Crippen LogP contribution in [0.3, 0.4) is 0 Å². The van der Waals surface area contributed by atoms with E-state index >= 15 is 0 Å². The summed E-state index contributed by atoms with van der Waals surface area (Å²) in [5, 5.41) is 3.07. The van der Waals surface area contributed by atoms with Crippen molar-refractivity contribution in [1.29, 1.82) is 0 Å². The van der Waals surface area contributed by atoms with Crippen LogP contribution in [0.5, 0.6) is 0 Å². The van der Waals surface area contributed by atoms with Crippen LogP contribution < -0.4 is 11.1 Å². The SMILES string of the molecule is Cc1ccccc1[C@H](C)NC(=O)C(C)CCCN. The molecular weight excluding hydrogens is 224 g/mol. The van der Waals surface area contributed by atoms with E-state index in [1.54, 1.807) is 0 Å². The van der Waals surface area contributed by atoms with Gasteiger partial charge in [-0.3, -0.25) is 4.79 Å². The zero-order valence-electron chi connectivity index (χ0n) is 11.6. The Hall–Kier alpha value is -1.35. The molecule has 0 aliphatic rings. The average molecular weight is 248 g/mol. The van der Waals surface area contributed by atoms with Crippen LogP contribution in [0.15, 0.2) is 24.3 Å². The van der Waals surface area contributed by atoms with Crippen molar-refractivity contribution in [3.63, 3.8) is 0 Å². The predicted molar refractivity (Wildman–Crippen MR) is 75.2 cm³/mol. The highest BCUT2D eigenvalue weighted by Crippen LogP contribution is 2.17. The van der Waals surface area contributed by atoms with E-state index in [9.17, 15) is 4.79 Å². The molecule has 0 aliphatic carbocycles. The summed E-state index contributed by atoms with van der Waals surface area (Å²) in [6, 6.07) is 8.19. The van der Waals surface area contributed by atoms with Crippen LogP contribution in [-0.2, 0) is 4.79 Å². The van der Waals surface area contributed by atoms with Gasteiger partial charge in [-0.1, -0.05) is 31.2 Å². The molecular formula is C15H24N2O. The number of carbonyl (C=O) groups excluding carboxylic acids is 1. The maximum Gasteiger partial charge on any atom is 0.223 e. The molecule has 1 amide bonds. The van der Waals surface area contributed by atoms with Gasteiger partial charge in [0.25, 0.3) is 0 Å². The van der Waals surface area contributed by atoms with Gasteiger partial charge in [0.1, 0.15) is 0 Å². The quantitative estimate of drug-likeness (QED) is 0.813. The highest BCUT2D eigenvalue weighted by atomic mass is 16.1. The van der Waals surface area contributed by atoms with Crippen molar-refractivity contribution in [3.8, 4) is 0 Å². The van der Waals surface area contributed by atoms with Gasteiger partial charge in [0.05, 0.1) is 6.04 Å². The largest absolute Gasteiger partial charge is 0.349 e. The van der Waals surface area contributed by atoms with Crippen LogP contribution in [0.25, 0.3) is 0 Å². The molecule has 0 spiro atoms. The monoisotopic (exact) mass is 248 g/mol. The summed E-state index contributed by atoms with van der Waals surface area (Å²) in [6.45, 7) is 6.69. The number of benzene rings is 1. The third kappa shape index (κ3) is 4.15.